The van der Waals surface area contributed by atoms with Gasteiger partial charge in [-0.15, -0.1) is 0 Å². The molecule has 0 bridgehead atoms. The van der Waals surface area contributed by atoms with Crippen LogP contribution in [-0.4, -0.2) is 11.3 Å². The van der Waals surface area contributed by atoms with Crippen LogP contribution in [0.3, 0.4) is 0 Å². The number of fused-ring (bicyclic) bond motifs is 1. The fraction of sp³-hybridized carbons (Fsp3) is 0.188. The van der Waals surface area contributed by atoms with Crippen molar-refractivity contribution in [3.05, 3.63) is 63.9 Å². The quantitative estimate of drug-likeness (QED) is 0.892. The smallest absolute Gasteiger partial charge is 0.190 e. The standard InChI is InChI=1S/C16H13BrFNO/c1-16(9-10-4-2-3-5-13(10)17)15(20)12-8-11(18)6-7-14(12)19-16/h2-8,19H,9H2,1H3. The molecule has 1 N–H and O–H groups in total. The molecule has 0 spiro atoms. The normalized spacial score (nSPS) is 20.6. The number of nitrogens with one attached hydrogen (secondary N) is 1. The first-order valence-electron chi connectivity index (χ1n) is 6.35. The van der Waals surface area contributed by atoms with Crippen molar-refractivity contribution in [2.75, 3.05) is 5.32 Å². The minimum atomic E-state index is -0.736. The van der Waals surface area contributed by atoms with Gasteiger partial charge < -0.3 is 5.32 Å². The molecule has 1 aliphatic heterocycles. The Morgan fingerprint density at radius 1 is 1.25 bits per heavy atom. The fourth-order valence-electron chi connectivity index (χ4n) is 2.61. The lowest BCUT2D eigenvalue weighted by molar-refractivity contribution is 0.0928. The molecule has 2 nitrogen and oxygen atoms in total. The van der Waals surface area contributed by atoms with Crippen LogP contribution in [0.15, 0.2) is 46.9 Å². The van der Waals surface area contributed by atoms with Gasteiger partial charge in [-0.25, -0.2) is 4.39 Å². The first-order chi connectivity index (χ1) is 9.49. The Kier molecular flexibility index (Phi) is 3.13. The molecule has 0 aromatic heterocycles. The van der Waals surface area contributed by atoms with Crippen LogP contribution in [0.4, 0.5) is 10.1 Å². The summed E-state index contributed by atoms with van der Waals surface area (Å²) in [6.45, 7) is 1.85. The number of Topliss-reactive ketones (excluding diaryl/α,β-unsaturated/α-hetero) is 1. The average Bonchev–Trinajstić information content (AvgIpc) is 2.65. The molecule has 1 unspecified atom stereocenters. The second-order valence-corrected chi connectivity index (χ2v) is 6.10. The van der Waals surface area contributed by atoms with Crippen molar-refractivity contribution in [3.8, 4) is 0 Å². The number of hydrogen-bond donors (Lipinski definition) is 1. The number of ketones is 1. The molecule has 0 aliphatic carbocycles. The van der Waals surface area contributed by atoms with E-state index >= 15 is 0 Å². The van der Waals surface area contributed by atoms with Crippen LogP contribution in [0, 0.1) is 5.82 Å². The van der Waals surface area contributed by atoms with E-state index in [0.29, 0.717) is 17.7 Å². The molecule has 0 saturated carbocycles. The van der Waals surface area contributed by atoms with Crippen LogP contribution < -0.4 is 5.32 Å². The SMILES string of the molecule is CC1(Cc2ccccc2Br)Nc2ccc(F)cc2C1=O. The van der Waals surface area contributed by atoms with Crippen molar-refractivity contribution in [1.29, 1.82) is 0 Å². The molecule has 4 heteroatoms. The topological polar surface area (TPSA) is 29.1 Å². The van der Waals surface area contributed by atoms with Gasteiger partial charge in [0.25, 0.3) is 0 Å². The summed E-state index contributed by atoms with van der Waals surface area (Å²) in [4.78, 5) is 12.5. The van der Waals surface area contributed by atoms with Crippen LogP contribution in [-0.2, 0) is 6.42 Å². The number of rotatable bonds is 2. The van der Waals surface area contributed by atoms with Crippen molar-refractivity contribution in [1.82, 2.24) is 0 Å². The molecular formula is C16H13BrFNO. The van der Waals surface area contributed by atoms with Gasteiger partial charge in [0.05, 0.1) is 0 Å². The fourth-order valence-corrected chi connectivity index (χ4v) is 3.04. The number of halogens is 2. The van der Waals surface area contributed by atoms with Crippen molar-refractivity contribution in [2.45, 2.75) is 18.9 Å². The molecule has 102 valence electrons. The van der Waals surface area contributed by atoms with Gasteiger partial charge in [0.2, 0.25) is 0 Å². The van der Waals surface area contributed by atoms with Crippen molar-refractivity contribution < 1.29 is 9.18 Å². The maximum Gasteiger partial charge on any atom is 0.190 e. The highest BCUT2D eigenvalue weighted by molar-refractivity contribution is 9.10. The summed E-state index contributed by atoms with van der Waals surface area (Å²) in [5.74, 6) is -0.452. The van der Waals surface area contributed by atoms with E-state index in [0.717, 1.165) is 10.0 Å². The summed E-state index contributed by atoms with van der Waals surface area (Å²) >= 11 is 3.50. The minimum absolute atomic E-state index is 0.0669. The zero-order valence-electron chi connectivity index (χ0n) is 10.9. The van der Waals surface area contributed by atoms with E-state index in [9.17, 15) is 9.18 Å². The number of benzene rings is 2. The van der Waals surface area contributed by atoms with Crippen LogP contribution >= 0.6 is 15.9 Å². The summed E-state index contributed by atoms with van der Waals surface area (Å²) < 4.78 is 14.3. The Balaban J connectivity index is 1.96. The molecule has 1 atom stereocenters. The molecule has 0 radical (unpaired) electrons. The third-order valence-corrected chi connectivity index (χ3v) is 4.41. The molecular weight excluding hydrogens is 321 g/mol. The van der Waals surface area contributed by atoms with Crippen LogP contribution in [0.25, 0.3) is 0 Å². The summed E-state index contributed by atoms with van der Waals surface area (Å²) in [6.07, 6.45) is 0.545. The van der Waals surface area contributed by atoms with E-state index in [1.54, 1.807) is 6.07 Å². The molecule has 1 aliphatic rings. The van der Waals surface area contributed by atoms with E-state index in [1.807, 2.05) is 31.2 Å². The van der Waals surface area contributed by atoms with Crippen LogP contribution in [0.2, 0.25) is 0 Å². The Morgan fingerprint density at radius 2 is 2.00 bits per heavy atom. The van der Waals surface area contributed by atoms with E-state index < -0.39 is 5.54 Å². The summed E-state index contributed by atoms with van der Waals surface area (Å²) in [6, 6.07) is 12.1. The second-order valence-electron chi connectivity index (χ2n) is 5.24. The number of carbonyl (C=O) groups excluding carboxylic acids is 1. The summed E-state index contributed by atoms with van der Waals surface area (Å²) in [5.41, 5.74) is 1.44. The van der Waals surface area contributed by atoms with Gasteiger partial charge in [0.15, 0.2) is 5.78 Å². The lowest BCUT2D eigenvalue weighted by atomic mass is 9.88. The monoisotopic (exact) mass is 333 g/mol. The maximum atomic E-state index is 13.3. The molecule has 1 heterocycles. The highest BCUT2D eigenvalue weighted by Crippen LogP contribution is 2.35. The van der Waals surface area contributed by atoms with E-state index in [2.05, 4.69) is 21.2 Å². The molecule has 2 aromatic rings. The van der Waals surface area contributed by atoms with Crippen LogP contribution in [0.1, 0.15) is 22.8 Å². The van der Waals surface area contributed by atoms with Gasteiger partial charge >= 0.3 is 0 Å². The molecule has 20 heavy (non-hydrogen) atoms. The Labute approximate surface area is 125 Å². The van der Waals surface area contributed by atoms with Gasteiger partial charge in [0, 0.05) is 22.1 Å². The van der Waals surface area contributed by atoms with Gasteiger partial charge in [-0.3, -0.25) is 4.79 Å². The summed E-state index contributed by atoms with van der Waals surface area (Å²) in [5, 5.41) is 3.23. The third-order valence-electron chi connectivity index (χ3n) is 3.64. The highest BCUT2D eigenvalue weighted by Gasteiger charge is 2.41. The lowest BCUT2D eigenvalue weighted by Crippen LogP contribution is -2.40. The molecule has 0 amide bonds. The van der Waals surface area contributed by atoms with Crippen molar-refractivity contribution in [2.24, 2.45) is 0 Å². The van der Waals surface area contributed by atoms with Gasteiger partial charge in [0.1, 0.15) is 11.4 Å². The number of carbonyl (C=O) groups is 1. The zero-order valence-corrected chi connectivity index (χ0v) is 12.5. The van der Waals surface area contributed by atoms with Gasteiger partial charge in [-0.2, -0.15) is 0 Å². The van der Waals surface area contributed by atoms with E-state index in [-0.39, 0.29) is 11.6 Å². The Morgan fingerprint density at radius 3 is 2.75 bits per heavy atom. The first kappa shape index (κ1) is 13.3. The lowest BCUT2D eigenvalue weighted by Gasteiger charge is -2.24. The highest BCUT2D eigenvalue weighted by atomic mass is 79.9. The third kappa shape index (κ3) is 2.14. The average molecular weight is 334 g/mol. The molecule has 0 saturated heterocycles. The molecule has 0 fully saturated rings. The van der Waals surface area contributed by atoms with E-state index in [1.165, 1.54) is 12.1 Å². The Bertz CT molecular complexity index is 701. The number of hydrogen-bond acceptors (Lipinski definition) is 2. The van der Waals surface area contributed by atoms with Gasteiger partial charge in [-0.05, 0) is 36.8 Å². The minimum Gasteiger partial charge on any atom is -0.372 e. The predicted molar refractivity (Wildman–Crippen MR) is 80.6 cm³/mol. The molecule has 3 rings (SSSR count). The zero-order chi connectivity index (χ0) is 14.3. The van der Waals surface area contributed by atoms with Gasteiger partial charge in [-0.1, -0.05) is 34.1 Å². The largest absolute Gasteiger partial charge is 0.372 e. The second kappa shape index (κ2) is 4.70. The summed E-state index contributed by atoms with van der Waals surface area (Å²) in [7, 11) is 0. The first-order valence-corrected chi connectivity index (χ1v) is 7.15. The van der Waals surface area contributed by atoms with Crippen molar-refractivity contribution in [3.63, 3.8) is 0 Å². The maximum absolute atomic E-state index is 13.3. The van der Waals surface area contributed by atoms with Crippen LogP contribution in [0.5, 0.6) is 0 Å². The van der Waals surface area contributed by atoms with Crippen molar-refractivity contribution >= 4 is 27.4 Å². The molecule has 2 aromatic carbocycles. The predicted octanol–water partition coefficient (Wildman–Crippen LogP) is 4.20. The van der Waals surface area contributed by atoms with E-state index in [4.69, 9.17) is 0 Å². The number of anilines is 1. The Hall–Kier alpha value is -1.68.